The number of fused-ring (bicyclic) bond motifs is 4. The number of epoxide rings is 4. The first kappa shape index (κ1) is 68.6. The summed E-state index contributed by atoms with van der Waals surface area (Å²) in [6.45, 7) is -2.83. The van der Waals surface area contributed by atoms with Crippen molar-refractivity contribution in [3.63, 3.8) is 0 Å². The van der Waals surface area contributed by atoms with Crippen molar-refractivity contribution in [2.75, 3.05) is 52.9 Å². The van der Waals surface area contributed by atoms with E-state index in [0.717, 1.165) is 77.0 Å². The molecule has 4 heterocycles. The molecule has 0 N–H and O–H groups in total. The third-order valence-electron chi connectivity index (χ3n) is 13.9. The van der Waals surface area contributed by atoms with Gasteiger partial charge in [-0.3, -0.25) is 19.2 Å². The molecule has 4 saturated carbocycles. The van der Waals surface area contributed by atoms with Gasteiger partial charge in [0, 0.05) is 6.42 Å². The van der Waals surface area contributed by atoms with Crippen LogP contribution in [0.4, 0.5) is 0 Å². The Bertz CT molecular complexity index is 1770. The van der Waals surface area contributed by atoms with E-state index < -0.39 is 105 Å². The molecule has 14 unspecified atom stereocenters. The van der Waals surface area contributed by atoms with E-state index in [-0.39, 0.29) is 158 Å². The molecule has 0 radical (unpaired) electrons. The van der Waals surface area contributed by atoms with E-state index in [9.17, 15) is 38.4 Å². The molecule has 0 aromatic carbocycles. The van der Waals surface area contributed by atoms with Gasteiger partial charge in [-0.2, -0.15) is 0 Å². The molecule has 4 aliphatic heterocycles. The summed E-state index contributed by atoms with van der Waals surface area (Å²) in [6.07, 6.45) is 9.54. The molecule has 0 aromatic rings. The van der Waals surface area contributed by atoms with Gasteiger partial charge in [0.2, 0.25) is 0 Å². The molecule has 20 heteroatoms. The van der Waals surface area contributed by atoms with Crippen LogP contribution in [0.1, 0.15) is 156 Å². The minimum absolute atomic E-state index is 0. The van der Waals surface area contributed by atoms with Crippen LogP contribution in [-0.4, -0.2) is 149 Å². The van der Waals surface area contributed by atoms with Gasteiger partial charge in [0.05, 0.1) is 93.5 Å². The lowest BCUT2D eigenvalue weighted by atomic mass is 9.85. The van der Waals surface area contributed by atoms with Gasteiger partial charge in [-0.1, -0.05) is 59.4 Å². The lowest BCUT2D eigenvalue weighted by Crippen LogP contribution is -2.37. The van der Waals surface area contributed by atoms with Crippen molar-refractivity contribution in [2.45, 2.75) is 205 Å². The Morgan fingerprint density at radius 3 is 0.932 bits per heavy atom. The molecule has 20 nitrogen and oxygen atoms in total. The standard InChI is InChI=1S/C45H60O20.8CH4/c46-38(58-20-40(48)54-16-24-1-6-30-34(11-24)62-30)10-5-28(44(52)60-22-42(50)56-18-26-3-8-32-36(13-26)64-32)29(45(53)61-23-43(51)57-19-27-4-9-33-37(14-27)65-33)15-39(47)59-21-41(49)55-17-25-2-7-31-35(12-25)63-31;;;;;;;;/h24-37H,1-23H2;8*1H4. The molecule has 0 amide bonds. The van der Waals surface area contributed by atoms with Crippen LogP contribution >= 0.6 is 0 Å². The van der Waals surface area contributed by atoms with E-state index in [4.69, 9.17) is 56.8 Å². The van der Waals surface area contributed by atoms with Crippen LogP contribution in [0.2, 0.25) is 0 Å². The van der Waals surface area contributed by atoms with Gasteiger partial charge >= 0.3 is 47.8 Å². The number of carbonyl (C=O) groups is 8. The van der Waals surface area contributed by atoms with E-state index in [1.54, 1.807) is 0 Å². The van der Waals surface area contributed by atoms with Gasteiger partial charge in [0.15, 0.2) is 26.4 Å². The second-order valence-corrected chi connectivity index (χ2v) is 18.8. The third-order valence-corrected chi connectivity index (χ3v) is 13.9. The van der Waals surface area contributed by atoms with Gasteiger partial charge in [-0.05, 0) is 107 Å². The van der Waals surface area contributed by atoms with Crippen LogP contribution in [0.5, 0.6) is 0 Å². The summed E-state index contributed by atoms with van der Waals surface area (Å²) >= 11 is 0. The first-order valence-electron chi connectivity index (χ1n) is 23.3. The highest BCUT2D eigenvalue weighted by molar-refractivity contribution is 5.88. The van der Waals surface area contributed by atoms with Crippen LogP contribution < -0.4 is 0 Å². The summed E-state index contributed by atoms with van der Waals surface area (Å²) in [7, 11) is 0. The van der Waals surface area contributed by atoms with Gasteiger partial charge in [0.25, 0.3) is 0 Å². The molecule has 0 spiro atoms. The molecule has 0 aromatic heterocycles. The maximum atomic E-state index is 13.8. The zero-order valence-corrected chi connectivity index (χ0v) is 36.5. The van der Waals surface area contributed by atoms with E-state index in [1.807, 2.05) is 0 Å². The average Bonchev–Trinajstić information content (AvgIpc) is 4.11. The number of hydrogen-bond acceptors (Lipinski definition) is 20. The summed E-state index contributed by atoms with van der Waals surface area (Å²) in [6, 6.07) is 0. The molecule has 14 atom stereocenters. The highest BCUT2D eigenvalue weighted by Gasteiger charge is 2.47. The molecule has 8 fully saturated rings. The van der Waals surface area contributed by atoms with Crippen molar-refractivity contribution < 1.29 is 95.2 Å². The molecular weight excluding hydrogens is 957 g/mol. The van der Waals surface area contributed by atoms with Crippen molar-refractivity contribution >= 4 is 47.8 Å². The second kappa shape index (κ2) is 32.1. The second-order valence-electron chi connectivity index (χ2n) is 18.8. The predicted octanol–water partition coefficient (Wildman–Crippen LogP) is 7.09. The first-order chi connectivity index (χ1) is 31.4. The molecule has 73 heavy (non-hydrogen) atoms. The van der Waals surface area contributed by atoms with Gasteiger partial charge in [-0.15, -0.1) is 0 Å². The van der Waals surface area contributed by atoms with Crippen molar-refractivity contribution in [2.24, 2.45) is 35.5 Å². The summed E-state index contributed by atoms with van der Waals surface area (Å²) in [4.78, 5) is 104. The molecule has 4 aliphatic carbocycles. The van der Waals surface area contributed by atoms with E-state index in [2.05, 4.69) is 0 Å². The zero-order valence-electron chi connectivity index (χ0n) is 36.5. The van der Waals surface area contributed by atoms with Crippen molar-refractivity contribution in [3.8, 4) is 0 Å². The maximum absolute atomic E-state index is 13.8. The van der Waals surface area contributed by atoms with Crippen molar-refractivity contribution in [3.05, 3.63) is 0 Å². The van der Waals surface area contributed by atoms with Gasteiger partial charge in [-0.25, -0.2) is 19.2 Å². The highest BCUT2D eigenvalue weighted by Crippen LogP contribution is 2.42. The number of hydrogen-bond donors (Lipinski definition) is 0. The molecule has 8 aliphatic rings. The topological polar surface area (TPSA) is 261 Å². The molecule has 424 valence electrons. The molecule has 8 rings (SSSR count). The lowest BCUT2D eigenvalue weighted by molar-refractivity contribution is -0.172. The fourth-order valence-corrected chi connectivity index (χ4v) is 9.77. The zero-order chi connectivity index (χ0) is 45.5. The summed E-state index contributed by atoms with van der Waals surface area (Å²) < 4.78 is 64.3. The summed E-state index contributed by atoms with van der Waals surface area (Å²) in [5, 5.41) is 0. The number of carbonyl (C=O) groups excluding carboxylic acids is 8. The van der Waals surface area contributed by atoms with Crippen LogP contribution in [-0.2, 0) is 95.2 Å². The predicted molar refractivity (Wildman–Crippen MR) is 266 cm³/mol. The fraction of sp³-hybridized carbons (Fsp3) is 0.849. The molecule has 4 saturated heterocycles. The Balaban J connectivity index is 0.00000648. The minimum atomic E-state index is -1.76. The van der Waals surface area contributed by atoms with Gasteiger partial charge < -0.3 is 56.8 Å². The maximum Gasteiger partial charge on any atom is 0.344 e. The average molecular weight is 1050 g/mol. The largest absolute Gasteiger partial charge is 0.463 e. The molecular formula is C53H92O20. The van der Waals surface area contributed by atoms with Gasteiger partial charge in [0.1, 0.15) is 0 Å². The smallest absolute Gasteiger partial charge is 0.344 e. The molecule has 0 bridgehead atoms. The summed E-state index contributed by atoms with van der Waals surface area (Å²) in [5.74, 6) is -10.9. The quantitative estimate of drug-likeness (QED) is 0.0530. The normalized spacial score (nSPS) is 29.4. The Labute approximate surface area is 434 Å². The Morgan fingerprint density at radius 2 is 0.616 bits per heavy atom. The number of ether oxygens (including phenoxy) is 12. The number of esters is 8. The first-order valence-corrected chi connectivity index (χ1v) is 23.3. The van der Waals surface area contributed by atoms with Crippen molar-refractivity contribution in [1.29, 1.82) is 0 Å². The van der Waals surface area contributed by atoms with E-state index >= 15 is 0 Å². The van der Waals surface area contributed by atoms with Crippen LogP contribution in [0.3, 0.4) is 0 Å². The minimum Gasteiger partial charge on any atom is -0.463 e. The van der Waals surface area contributed by atoms with Crippen LogP contribution in [0.15, 0.2) is 0 Å². The monoisotopic (exact) mass is 1050 g/mol. The SMILES string of the molecule is C.C.C.C.C.C.C.C.O=C(CCC(C(=O)OCC(=O)OCC1CCC2OC2C1)C(CC(=O)OCC(=O)OCC1CCC2OC2C1)C(=O)OCC(=O)OCC1CCC2OC2C1)OCC(=O)OCC1CCC2OC2C1. The highest BCUT2D eigenvalue weighted by atomic mass is 16.6. The van der Waals surface area contributed by atoms with E-state index in [0.29, 0.717) is 0 Å². The Kier molecular flexibility index (Phi) is 30.2. The summed E-state index contributed by atoms with van der Waals surface area (Å²) in [5.41, 5.74) is 0. The Hall–Kier alpha value is -4.40. The Morgan fingerprint density at radius 1 is 0.329 bits per heavy atom. The fourth-order valence-electron chi connectivity index (χ4n) is 9.77. The van der Waals surface area contributed by atoms with Crippen LogP contribution in [0, 0.1) is 35.5 Å². The lowest BCUT2D eigenvalue weighted by Gasteiger charge is -2.24. The van der Waals surface area contributed by atoms with Crippen LogP contribution in [0.25, 0.3) is 0 Å². The number of rotatable bonds is 24. The van der Waals surface area contributed by atoms with E-state index in [1.165, 1.54) is 0 Å². The van der Waals surface area contributed by atoms with Crippen molar-refractivity contribution in [1.82, 2.24) is 0 Å². The third kappa shape index (κ3) is 21.4.